The van der Waals surface area contributed by atoms with Gasteiger partial charge < -0.3 is 24.3 Å². The maximum Gasteiger partial charge on any atom is 0.169 e. The summed E-state index contributed by atoms with van der Waals surface area (Å²) < 4.78 is 21.4. The Labute approximate surface area is 107 Å². The Morgan fingerprint density at radius 3 is 2.78 bits per heavy atom. The normalized spacial score (nSPS) is 13.9. The van der Waals surface area contributed by atoms with Gasteiger partial charge in [-0.05, 0) is 6.07 Å². The molecule has 1 aliphatic rings. The molecule has 0 saturated carbocycles. The van der Waals surface area contributed by atoms with Crippen molar-refractivity contribution in [1.82, 2.24) is 5.32 Å². The maximum atomic E-state index is 5.64. The highest BCUT2D eigenvalue weighted by atomic mass is 16.7. The van der Waals surface area contributed by atoms with Gasteiger partial charge in [0, 0.05) is 32.9 Å². The molecular formula is C13H19NO4. The first-order valence-electron chi connectivity index (χ1n) is 5.99. The van der Waals surface area contributed by atoms with E-state index in [1.807, 2.05) is 18.2 Å². The van der Waals surface area contributed by atoms with E-state index in [1.165, 1.54) is 0 Å². The van der Waals surface area contributed by atoms with E-state index >= 15 is 0 Å². The van der Waals surface area contributed by atoms with E-state index in [4.69, 9.17) is 18.9 Å². The lowest BCUT2D eigenvalue weighted by Crippen LogP contribution is -2.29. The molecule has 1 aromatic rings. The molecule has 1 aromatic carbocycles. The highest BCUT2D eigenvalue weighted by molar-refractivity contribution is 5.47. The molecule has 0 aromatic heterocycles. The first-order chi connectivity index (χ1) is 8.85. The third kappa shape index (κ3) is 3.13. The summed E-state index contributed by atoms with van der Waals surface area (Å²) in [6, 6.07) is 5.91. The molecule has 0 unspecified atom stereocenters. The van der Waals surface area contributed by atoms with Crippen molar-refractivity contribution in [3.05, 3.63) is 23.8 Å². The van der Waals surface area contributed by atoms with Crippen LogP contribution in [0.1, 0.15) is 5.56 Å². The van der Waals surface area contributed by atoms with Crippen molar-refractivity contribution >= 4 is 0 Å². The summed E-state index contributed by atoms with van der Waals surface area (Å²) in [5.74, 6) is 1.65. The molecule has 18 heavy (non-hydrogen) atoms. The number of ether oxygens (including phenoxy) is 4. The van der Waals surface area contributed by atoms with Crippen LogP contribution in [-0.4, -0.2) is 40.3 Å². The van der Waals surface area contributed by atoms with Crippen molar-refractivity contribution in [2.75, 3.05) is 34.0 Å². The van der Waals surface area contributed by atoms with Crippen molar-refractivity contribution in [1.29, 1.82) is 0 Å². The number of hydrogen-bond donors (Lipinski definition) is 1. The van der Waals surface area contributed by atoms with Gasteiger partial charge >= 0.3 is 0 Å². The average Bonchev–Trinajstić information content (AvgIpc) is 2.44. The van der Waals surface area contributed by atoms with Crippen LogP contribution < -0.4 is 14.8 Å². The number of hydrogen-bond acceptors (Lipinski definition) is 5. The Kier molecular flexibility index (Phi) is 4.81. The van der Waals surface area contributed by atoms with Gasteiger partial charge in [-0.2, -0.15) is 0 Å². The molecule has 0 saturated heterocycles. The third-order valence-electron chi connectivity index (χ3n) is 2.80. The second kappa shape index (κ2) is 6.58. The lowest BCUT2D eigenvalue weighted by Gasteiger charge is -2.21. The van der Waals surface area contributed by atoms with Crippen LogP contribution in [0.2, 0.25) is 0 Å². The summed E-state index contributed by atoms with van der Waals surface area (Å²) in [6.07, 6.45) is -0.235. The molecule has 1 heterocycles. The fourth-order valence-electron chi connectivity index (χ4n) is 1.86. The molecule has 0 atom stereocenters. The molecule has 100 valence electrons. The summed E-state index contributed by atoms with van der Waals surface area (Å²) >= 11 is 0. The zero-order valence-corrected chi connectivity index (χ0v) is 10.8. The average molecular weight is 253 g/mol. The summed E-state index contributed by atoms with van der Waals surface area (Å²) in [6.45, 7) is 2.52. The third-order valence-corrected chi connectivity index (χ3v) is 2.80. The summed E-state index contributed by atoms with van der Waals surface area (Å²) in [5.41, 5.74) is 1.08. The minimum Gasteiger partial charge on any atom is -0.486 e. The Morgan fingerprint density at radius 2 is 2.00 bits per heavy atom. The molecule has 0 amide bonds. The number of benzene rings is 1. The minimum absolute atomic E-state index is 0.235. The smallest absolute Gasteiger partial charge is 0.169 e. The minimum atomic E-state index is -0.235. The van der Waals surface area contributed by atoms with E-state index in [2.05, 4.69) is 5.32 Å². The molecule has 0 fully saturated rings. The molecule has 0 bridgehead atoms. The van der Waals surface area contributed by atoms with Gasteiger partial charge in [-0.15, -0.1) is 0 Å². The SMILES string of the molecule is COC(CNCc1cccc2c1OCCO2)OC. The zero-order valence-electron chi connectivity index (χ0n) is 10.8. The van der Waals surface area contributed by atoms with Crippen LogP contribution in [0.15, 0.2) is 18.2 Å². The van der Waals surface area contributed by atoms with E-state index in [0.717, 1.165) is 17.1 Å². The second-order valence-electron chi connectivity index (χ2n) is 3.97. The van der Waals surface area contributed by atoms with Gasteiger partial charge in [-0.1, -0.05) is 12.1 Å². The Hall–Kier alpha value is -1.30. The van der Waals surface area contributed by atoms with Crippen LogP contribution in [0.25, 0.3) is 0 Å². The van der Waals surface area contributed by atoms with Crippen molar-refractivity contribution in [3.8, 4) is 11.5 Å². The monoisotopic (exact) mass is 253 g/mol. The van der Waals surface area contributed by atoms with Crippen LogP contribution >= 0.6 is 0 Å². The molecule has 5 nitrogen and oxygen atoms in total. The summed E-state index contributed by atoms with van der Waals surface area (Å²) in [4.78, 5) is 0. The summed E-state index contributed by atoms with van der Waals surface area (Å²) in [7, 11) is 3.24. The van der Waals surface area contributed by atoms with Crippen LogP contribution in [-0.2, 0) is 16.0 Å². The highest BCUT2D eigenvalue weighted by Gasteiger charge is 2.15. The molecule has 2 rings (SSSR count). The fraction of sp³-hybridized carbons (Fsp3) is 0.538. The predicted molar refractivity (Wildman–Crippen MR) is 66.9 cm³/mol. The van der Waals surface area contributed by atoms with Gasteiger partial charge in [0.1, 0.15) is 13.2 Å². The van der Waals surface area contributed by atoms with E-state index in [9.17, 15) is 0 Å². The van der Waals surface area contributed by atoms with Crippen LogP contribution in [0.3, 0.4) is 0 Å². The molecule has 0 spiro atoms. The van der Waals surface area contributed by atoms with Crippen LogP contribution in [0.4, 0.5) is 0 Å². The Bertz CT molecular complexity index is 379. The topological polar surface area (TPSA) is 49.0 Å². The lowest BCUT2D eigenvalue weighted by molar-refractivity contribution is -0.0989. The molecule has 0 aliphatic carbocycles. The number of methoxy groups -OCH3 is 2. The number of rotatable bonds is 6. The van der Waals surface area contributed by atoms with E-state index in [0.29, 0.717) is 26.3 Å². The second-order valence-corrected chi connectivity index (χ2v) is 3.97. The number of para-hydroxylation sites is 1. The van der Waals surface area contributed by atoms with Gasteiger partial charge in [0.25, 0.3) is 0 Å². The molecule has 1 N–H and O–H groups in total. The molecule has 1 aliphatic heterocycles. The predicted octanol–water partition coefficient (Wildman–Crippen LogP) is 1.17. The van der Waals surface area contributed by atoms with Gasteiger partial charge in [0.2, 0.25) is 0 Å². The van der Waals surface area contributed by atoms with Crippen molar-refractivity contribution < 1.29 is 18.9 Å². The van der Waals surface area contributed by atoms with Gasteiger partial charge in [-0.25, -0.2) is 0 Å². The van der Waals surface area contributed by atoms with Crippen molar-refractivity contribution in [3.63, 3.8) is 0 Å². The van der Waals surface area contributed by atoms with Gasteiger partial charge in [-0.3, -0.25) is 0 Å². The molecule has 5 heteroatoms. The van der Waals surface area contributed by atoms with Crippen LogP contribution in [0.5, 0.6) is 11.5 Å². The maximum absolute atomic E-state index is 5.64. The largest absolute Gasteiger partial charge is 0.486 e. The Balaban J connectivity index is 1.93. The van der Waals surface area contributed by atoms with E-state index in [-0.39, 0.29) is 6.29 Å². The highest BCUT2D eigenvalue weighted by Crippen LogP contribution is 2.33. The van der Waals surface area contributed by atoms with Crippen molar-refractivity contribution in [2.24, 2.45) is 0 Å². The van der Waals surface area contributed by atoms with Crippen molar-refractivity contribution in [2.45, 2.75) is 12.8 Å². The molecular weight excluding hydrogens is 234 g/mol. The van der Waals surface area contributed by atoms with Gasteiger partial charge in [0.05, 0.1) is 0 Å². The Morgan fingerprint density at radius 1 is 1.22 bits per heavy atom. The first-order valence-corrected chi connectivity index (χ1v) is 5.99. The van der Waals surface area contributed by atoms with E-state index in [1.54, 1.807) is 14.2 Å². The number of nitrogens with one attached hydrogen (secondary N) is 1. The van der Waals surface area contributed by atoms with Gasteiger partial charge in [0.15, 0.2) is 17.8 Å². The first kappa shape index (κ1) is 13.1. The number of fused-ring (bicyclic) bond motifs is 1. The lowest BCUT2D eigenvalue weighted by atomic mass is 10.1. The zero-order chi connectivity index (χ0) is 12.8. The molecule has 0 radical (unpaired) electrons. The quantitative estimate of drug-likeness (QED) is 0.771. The standard InChI is InChI=1S/C13H19NO4/c1-15-12(16-2)9-14-8-10-4-3-5-11-13(10)18-7-6-17-11/h3-5,12,14H,6-9H2,1-2H3. The van der Waals surface area contributed by atoms with Crippen LogP contribution in [0, 0.1) is 0 Å². The summed E-state index contributed by atoms with van der Waals surface area (Å²) in [5, 5.41) is 3.27. The van der Waals surface area contributed by atoms with E-state index < -0.39 is 0 Å². The fourth-order valence-corrected chi connectivity index (χ4v) is 1.86.